The minimum atomic E-state index is -0.129. The first-order chi connectivity index (χ1) is 7.56. The van der Waals surface area contributed by atoms with Crippen molar-refractivity contribution in [3.8, 4) is 0 Å². The minimum Gasteiger partial charge on any atom is -0.354 e. The van der Waals surface area contributed by atoms with Crippen LogP contribution >= 0.6 is 0 Å². The summed E-state index contributed by atoms with van der Waals surface area (Å²) in [4.78, 5) is 22.5. The topological polar surface area (TPSA) is 70.2 Å². The summed E-state index contributed by atoms with van der Waals surface area (Å²) in [5.74, 6) is 0.223. The highest BCUT2D eigenvalue weighted by Crippen LogP contribution is 1.87. The SMILES string of the molecule is CNCCCC(=O)NCC(=O)NCC(C)C. The van der Waals surface area contributed by atoms with Gasteiger partial charge < -0.3 is 16.0 Å². The highest BCUT2D eigenvalue weighted by molar-refractivity contribution is 5.84. The molecule has 2 amide bonds. The quantitative estimate of drug-likeness (QED) is 0.508. The number of amides is 2. The third-order valence-electron chi connectivity index (χ3n) is 1.98. The van der Waals surface area contributed by atoms with Crippen LogP contribution in [0.15, 0.2) is 0 Å². The van der Waals surface area contributed by atoms with E-state index in [2.05, 4.69) is 16.0 Å². The maximum absolute atomic E-state index is 11.2. The standard InChI is InChI=1S/C11H23N3O2/c1-9(2)7-13-11(16)8-14-10(15)5-4-6-12-3/h9,12H,4-8H2,1-3H3,(H,13,16)(H,14,15). The van der Waals surface area contributed by atoms with Gasteiger partial charge in [0.2, 0.25) is 11.8 Å². The number of rotatable bonds is 8. The molecule has 5 heteroatoms. The predicted molar refractivity (Wildman–Crippen MR) is 64.0 cm³/mol. The summed E-state index contributed by atoms with van der Waals surface area (Å²) >= 11 is 0. The molecule has 0 aliphatic carbocycles. The molecular formula is C11H23N3O2. The van der Waals surface area contributed by atoms with Crippen molar-refractivity contribution in [2.45, 2.75) is 26.7 Å². The van der Waals surface area contributed by atoms with E-state index in [9.17, 15) is 9.59 Å². The molecule has 94 valence electrons. The zero-order chi connectivity index (χ0) is 12.4. The molecule has 0 unspecified atom stereocenters. The summed E-state index contributed by atoms with van der Waals surface area (Å²) < 4.78 is 0. The third-order valence-corrected chi connectivity index (χ3v) is 1.98. The van der Waals surface area contributed by atoms with Crippen molar-refractivity contribution in [2.24, 2.45) is 5.92 Å². The fraction of sp³-hybridized carbons (Fsp3) is 0.818. The fourth-order valence-electron chi connectivity index (χ4n) is 1.07. The molecule has 0 aromatic rings. The number of carbonyl (C=O) groups is 2. The van der Waals surface area contributed by atoms with Crippen LogP contribution in [-0.2, 0) is 9.59 Å². The molecule has 0 radical (unpaired) electrons. The first-order valence-electron chi connectivity index (χ1n) is 5.74. The Balaban J connectivity index is 3.47. The number of hydrogen-bond donors (Lipinski definition) is 3. The predicted octanol–water partition coefficient (Wildman–Crippen LogP) is -0.126. The molecule has 0 fully saturated rings. The summed E-state index contributed by atoms with van der Waals surface area (Å²) in [5, 5.41) is 8.29. The molecule has 0 aromatic heterocycles. The molecule has 16 heavy (non-hydrogen) atoms. The molecule has 0 bridgehead atoms. The van der Waals surface area contributed by atoms with Gasteiger partial charge in [0, 0.05) is 13.0 Å². The number of hydrogen-bond acceptors (Lipinski definition) is 3. The lowest BCUT2D eigenvalue weighted by Crippen LogP contribution is -2.38. The smallest absolute Gasteiger partial charge is 0.239 e. The Hall–Kier alpha value is -1.10. The van der Waals surface area contributed by atoms with Gasteiger partial charge in [-0.15, -0.1) is 0 Å². The van der Waals surface area contributed by atoms with Crippen LogP contribution in [0.3, 0.4) is 0 Å². The molecule has 0 saturated heterocycles. The van der Waals surface area contributed by atoms with Crippen LogP contribution in [0.1, 0.15) is 26.7 Å². The van der Waals surface area contributed by atoms with E-state index in [-0.39, 0.29) is 18.4 Å². The van der Waals surface area contributed by atoms with Crippen LogP contribution in [0.4, 0.5) is 0 Å². The molecule has 0 spiro atoms. The van der Waals surface area contributed by atoms with E-state index in [1.807, 2.05) is 20.9 Å². The lowest BCUT2D eigenvalue weighted by atomic mass is 10.2. The van der Waals surface area contributed by atoms with Crippen LogP contribution in [0, 0.1) is 5.92 Å². The van der Waals surface area contributed by atoms with E-state index < -0.39 is 0 Å². The summed E-state index contributed by atoms with van der Waals surface area (Å²) in [6.07, 6.45) is 1.24. The van der Waals surface area contributed by atoms with Crippen molar-refractivity contribution in [3.63, 3.8) is 0 Å². The van der Waals surface area contributed by atoms with Gasteiger partial charge in [0.1, 0.15) is 0 Å². The average molecular weight is 229 g/mol. The Kier molecular flexibility index (Phi) is 8.52. The molecular weight excluding hydrogens is 206 g/mol. The van der Waals surface area contributed by atoms with Crippen molar-refractivity contribution in [1.82, 2.24) is 16.0 Å². The average Bonchev–Trinajstić information content (AvgIpc) is 2.24. The van der Waals surface area contributed by atoms with E-state index >= 15 is 0 Å². The Morgan fingerprint density at radius 1 is 1.12 bits per heavy atom. The van der Waals surface area contributed by atoms with E-state index in [0.29, 0.717) is 18.9 Å². The molecule has 0 heterocycles. The Morgan fingerprint density at radius 2 is 1.81 bits per heavy atom. The van der Waals surface area contributed by atoms with Crippen molar-refractivity contribution in [3.05, 3.63) is 0 Å². The van der Waals surface area contributed by atoms with Gasteiger partial charge in [0.05, 0.1) is 6.54 Å². The maximum atomic E-state index is 11.2. The van der Waals surface area contributed by atoms with Crippen LogP contribution in [0.2, 0.25) is 0 Å². The summed E-state index contributed by atoms with van der Waals surface area (Å²) in [7, 11) is 1.84. The highest BCUT2D eigenvalue weighted by Gasteiger charge is 2.05. The second kappa shape index (κ2) is 9.15. The van der Waals surface area contributed by atoms with E-state index in [1.165, 1.54) is 0 Å². The van der Waals surface area contributed by atoms with Gasteiger partial charge in [0.25, 0.3) is 0 Å². The molecule has 3 N–H and O–H groups in total. The Morgan fingerprint density at radius 3 is 2.38 bits per heavy atom. The van der Waals surface area contributed by atoms with E-state index in [4.69, 9.17) is 0 Å². The number of nitrogens with one attached hydrogen (secondary N) is 3. The van der Waals surface area contributed by atoms with Gasteiger partial charge in [-0.2, -0.15) is 0 Å². The summed E-state index contributed by atoms with van der Waals surface area (Å²) in [6, 6.07) is 0. The first-order valence-corrected chi connectivity index (χ1v) is 5.74. The molecule has 0 saturated carbocycles. The lowest BCUT2D eigenvalue weighted by molar-refractivity contribution is -0.126. The lowest BCUT2D eigenvalue weighted by Gasteiger charge is -2.08. The van der Waals surface area contributed by atoms with Gasteiger partial charge in [-0.25, -0.2) is 0 Å². The van der Waals surface area contributed by atoms with Gasteiger partial charge in [0.15, 0.2) is 0 Å². The van der Waals surface area contributed by atoms with Gasteiger partial charge in [-0.3, -0.25) is 9.59 Å². The molecule has 0 rings (SSSR count). The van der Waals surface area contributed by atoms with Crippen molar-refractivity contribution >= 4 is 11.8 Å². The summed E-state index contributed by atoms with van der Waals surface area (Å²) in [6.45, 7) is 5.58. The largest absolute Gasteiger partial charge is 0.354 e. The second-order valence-corrected chi connectivity index (χ2v) is 4.18. The second-order valence-electron chi connectivity index (χ2n) is 4.18. The van der Waals surface area contributed by atoms with Crippen LogP contribution in [-0.4, -0.2) is 38.5 Å². The van der Waals surface area contributed by atoms with Crippen LogP contribution in [0.5, 0.6) is 0 Å². The zero-order valence-corrected chi connectivity index (χ0v) is 10.4. The molecule has 0 aliphatic rings. The van der Waals surface area contributed by atoms with Gasteiger partial charge in [-0.1, -0.05) is 13.8 Å². The summed E-state index contributed by atoms with van der Waals surface area (Å²) in [5.41, 5.74) is 0. The zero-order valence-electron chi connectivity index (χ0n) is 10.4. The van der Waals surface area contributed by atoms with Crippen LogP contribution < -0.4 is 16.0 Å². The fourth-order valence-corrected chi connectivity index (χ4v) is 1.07. The van der Waals surface area contributed by atoms with Gasteiger partial charge >= 0.3 is 0 Å². The normalized spacial score (nSPS) is 10.2. The van der Waals surface area contributed by atoms with Crippen LogP contribution in [0.25, 0.3) is 0 Å². The molecule has 0 aliphatic heterocycles. The maximum Gasteiger partial charge on any atom is 0.239 e. The first kappa shape index (κ1) is 14.9. The minimum absolute atomic E-state index is 0.0741. The monoisotopic (exact) mass is 229 g/mol. The Bertz CT molecular complexity index is 217. The number of carbonyl (C=O) groups excluding carboxylic acids is 2. The molecule has 0 atom stereocenters. The molecule has 5 nitrogen and oxygen atoms in total. The van der Waals surface area contributed by atoms with E-state index in [0.717, 1.165) is 13.0 Å². The highest BCUT2D eigenvalue weighted by atomic mass is 16.2. The Labute approximate surface area is 97.4 Å². The van der Waals surface area contributed by atoms with Gasteiger partial charge in [-0.05, 0) is 25.9 Å². The molecule has 0 aromatic carbocycles. The van der Waals surface area contributed by atoms with Crippen molar-refractivity contribution in [2.75, 3.05) is 26.7 Å². The van der Waals surface area contributed by atoms with Crippen molar-refractivity contribution < 1.29 is 9.59 Å². The van der Waals surface area contributed by atoms with Crippen molar-refractivity contribution in [1.29, 1.82) is 0 Å². The third kappa shape index (κ3) is 9.45. The van der Waals surface area contributed by atoms with E-state index in [1.54, 1.807) is 0 Å².